The van der Waals surface area contributed by atoms with Crippen molar-refractivity contribution >= 4 is 33.6 Å². The van der Waals surface area contributed by atoms with Gasteiger partial charge in [-0.05, 0) is 38.4 Å². The van der Waals surface area contributed by atoms with E-state index in [9.17, 15) is 9.59 Å². The van der Waals surface area contributed by atoms with Crippen LogP contribution in [-0.4, -0.2) is 52.5 Å². The summed E-state index contributed by atoms with van der Waals surface area (Å²) >= 11 is 0. The number of nitrogens with one attached hydrogen (secondary N) is 3. The molecule has 0 aliphatic heterocycles. The number of carbonyl (C=O) groups excluding carboxylic acids is 2. The minimum absolute atomic E-state index is 0.0602. The first kappa shape index (κ1) is 21.7. The van der Waals surface area contributed by atoms with Crippen LogP contribution in [0.5, 0.6) is 0 Å². The van der Waals surface area contributed by atoms with Gasteiger partial charge in [-0.25, -0.2) is 10.5 Å². The van der Waals surface area contributed by atoms with Crippen molar-refractivity contribution < 1.29 is 14.8 Å². The van der Waals surface area contributed by atoms with Gasteiger partial charge in [-0.2, -0.15) is 0 Å². The lowest BCUT2D eigenvalue weighted by atomic mass is 10.1. The van der Waals surface area contributed by atoms with Crippen LogP contribution < -0.4 is 10.8 Å². The highest BCUT2D eigenvalue weighted by molar-refractivity contribution is 6.04. The van der Waals surface area contributed by atoms with Gasteiger partial charge in [-0.15, -0.1) is 0 Å². The highest BCUT2D eigenvalue weighted by Crippen LogP contribution is 2.26. The molecule has 1 heterocycles. The number of H-pyrrole nitrogens is 1. The molecule has 8 nitrogen and oxygen atoms in total. The number of benzene rings is 2. The van der Waals surface area contributed by atoms with Crippen LogP contribution in [-0.2, 0) is 9.59 Å². The van der Waals surface area contributed by atoms with Crippen LogP contribution in [0.25, 0.3) is 21.8 Å². The summed E-state index contributed by atoms with van der Waals surface area (Å²) in [5.74, 6) is 0.298. The molecule has 4 N–H and O–H groups in total. The first-order valence-electron chi connectivity index (χ1n) is 10.2. The van der Waals surface area contributed by atoms with Crippen molar-refractivity contribution in [2.45, 2.75) is 38.1 Å². The third-order valence-corrected chi connectivity index (χ3v) is 5.04. The quantitative estimate of drug-likeness (QED) is 0.233. The van der Waals surface area contributed by atoms with E-state index in [1.165, 1.54) is 0 Å². The van der Waals surface area contributed by atoms with E-state index >= 15 is 0 Å². The van der Waals surface area contributed by atoms with Gasteiger partial charge in [0, 0.05) is 11.8 Å². The molecule has 8 heteroatoms. The number of carbonyl (C=O) groups is 2. The molecule has 0 aliphatic rings. The molecule has 30 heavy (non-hydrogen) atoms. The molecule has 1 aromatic heterocycles. The lowest BCUT2D eigenvalue weighted by molar-refractivity contribution is -0.129. The van der Waals surface area contributed by atoms with Crippen molar-refractivity contribution in [2.75, 3.05) is 20.6 Å². The summed E-state index contributed by atoms with van der Waals surface area (Å²) in [6.07, 6.45) is 3.30. The van der Waals surface area contributed by atoms with E-state index in [2.05, 4.69) is 22.4 Å². The average molecular weight is 412 g/mol. The van der Waals surface area contributed by atoms with Crippen molar-refractivity contribution in [3.05, 3.63) is 42.2 Å². The molecule has 1 atom stereocenters. The maximum atomic E-state index is 12.4. The van der Waals surface area contributed by atoms with E-state index in [1.54, 1.807) is 5.48 Å². The first-order valence-corrected chi connectivity index (χ1v) is 10.2. The topological polar surface area (TPSA) is 110 Å². The van der Waals surface area contributed by atoms with Crippen LogP contribution in [0.1, 0.15) is 44.0 Å². The molecule has 0 saturated carbocycles. The molecule has 0 saturated heterocycles. The van der Waals surface area contributed by atoms with Gasteiger partial charge in [0.2, 0.25) is 11.8 Å². The van der Waals surface area contributed by atoms with Gasteiger partial charge in [-0.3, -0.25) is 14.8 Å². The Morgan fingerprint density at radius 1 is 1.10 bits per heavy atom. The molecule has 0 radical (unpaired) electrons. The number of nitrogens with zero attached hydrogens (tertiary/aromatic N) is 2. The Morgan fingerprint density at radius 3 is 2.67 bits per heavy atom. The molecule has 0 bridgehead atoms. The molecule has 0 aliphatic carbocycles. The summed E-state index contributed by atoms with van der Waals surface area (Å²) in [6.45, 7) is 0.302. The maximum Gasteiger partial charge on any atom is 0.243 e. The largest absolute Gasteiger partial charge is 0.345 e. The Morgan fingerprint density at radius 2 is 1.90 bits per heavy atom. The van der Waals surface area contributed by atoms with E-state index < -0.39 is 0 Å². The number of aromatic nitrogens is 2. The van der Waals surface area contributed by atoms with Crippen molar-refractivity contribution in [2.24, 2.45) is 0 Å². The monoisotopic (exact) mass is 411 g/mol. The molecular formula is C22H29N5O3. The standard InChI is InChI=1S/C22H29N5O3/c1-27(2)14-20(29)23-18(10-4-3-5-11-19(28)26-30)22-24-17-13-12-15-8-6-7-9-16(15)21(17)25-22/h6-9,12-13,18,30H,3-5,10-11,14H2,1-2H3,(H,23,29)(H,24,25)(H,26,28)/t18-/m0/s1. The number of amides is 2. The molecule has 3 rings (SSSR count). The van der Waals surface area contributed by atoms with Crippen LogP contribution in [0, 0.1) is 0 Å². The Balaban J connectivity index is 1.77. The zero-order chi connectivity index (χ0) is 21.5. The minimum Gasteiger partial charge on any atom is -0.345 e. The Bertz CT molecular complexity index is 1010. The number of hydroxylamine groups is 1. The predicted octanol–water partition coefficient (Wildman–Crippen LogP) is 2.89. The first-order chi connectivity index (χ1) is 14.5. The van der Waals surface area contributed by atoms with Crippen molar-refractivity contribution in [3.8, 4) is 0 Å². The summed E-state index contributed by atoms with van der Waals surface area (Å²) in [5, 5.41) is 13.9. The predicted molar refractivity (Wildman–Crippen MR) is 116 cm³/mol. The van der Waals surface area contributed by atoms with Crippen LogP contribution in [0.2, 0.25) is 0 Å². The van der Waals surface area contributed by atoms with Gasteiger partial charge >= 0.3 is 0 Å². The number of hydrogen-bond donors (Lipinski definition) is 4. The lowest BCUT2D eigenvalue weighted by Crippen LogP contribution is -2.36. The number of rotatable bonds is 10. The smallest absolute Gasteiger partial charge is 0.243 e. The van der Waals surface area contributed by atoms with Gasteiger partial charge in [-0.1, -0.05) is 43.2 Å². The molecule has 0 fully saturated rings. The molecule has 160 valence electrons. The van der Waals surface area contributed by atoms with E-state index in [0.717, 1.165) is 40.5 Å². The molecule has 2 amide bonds. The van der Waals surface area contributed by atoms with Crippen molar-refractivity contribution in [1.29, 1.82) is 0 Å². The molecule has 0 unspecified atom stereocenters. The molecule has 2 aromatic carbocycles. The maximum absolute atomic E-state index is 12.4. The SMILES string of the molecule is CN(C)CC(=O)N[C@@H](CCCCCC(=O)NO)c1nc2c(ccc3ccccc32)[nH]1. The van der Waals surface area contributed by atoms with Gasteiger partial charge in [0.15, 0.2) is 0 Å². The molecular weight excluding hydrogens is 382 g/mol. The van der Waals surface area contributed by atoms with Crippen LogP contribution in [0.4, 0.5) is 0 Å². The lowest BCUT2D eigenvalue weighted by Gasteiger charge is -2.18. The number of hydrogen-bond acceptors (Lipinski definition) is 5. The normalized spacial score (nSPS) is 12.4. The Hall–Kier alpha value is -2.97. The zero-order valence-electron chi connectivity index (χ0n) is 17.4. The summed E-state index contributed by atoms with van der Waals surface area (Å²) in [6, 6.07) is 11.9. The van der Waals surface area contributed by atoms with Crippen LogP contribution >= 0.6 is 0 Å². The van der Waals surface area contributed by atoms with Gasteiger partial charge in [0.25, 0.3) is 0 Å². The Labute approximate surface area is 175 Å². The second kappa shape index (κ2) is 10.2. The van der Waals surface area contributed by atoms with E-state index in [1.807, 2.05) is 43.3 Å². The van der Waals surface area contributed by atoms with Crippen LogP contribution in [0.3, 0.4) is 0 Å². The fraction of sp³-hybridized carbons (Fsp3) is 0.409. The number of aromatic amines is 1. The summed E-state index contributed by atoms with van der Waals surface area (Å²) in [5.41, 5.74) is 3.49. The highest BCUT2D eigenvalue weighted by Gasteiger charge is 2.19. The van der Waals surface area contributed by atoms with E-state index in [0.29, 0.717) is 19.4 Å². The summed E-state index contributed by atoms with van der Waals surface area (Å²) in [4.78, 5) is 33.6. The van der Waals surface area contributed by atoms with Gasteiger partial charge < -0.3 is 15.2 Å². The Kier molecular flexibility index (Phi) is 7.37. The second-order valence-electron chi connectivity index (χ2n) is 7.80. The summed E-state index contributed by atoms with van der Waals surface area (Å²) < 4.78 is 0. The van der Waals surface area contributed by atoms with Crippen molar-refractivity contribution in [1.82, 2.24) is 25.7 Å². The van der Waals surface area contributed by atoms with Gasteiger partial charge in [0.05, 0.1) is 23.6 Å². The third-order valence-electron chi connectivity index (χ3n) is 5.04. The minimum atomic E-state index is -0.380. The number of fused-ring (bicyclic) bond motifs is 3. The number of likely N-dealkylation sites (N-methyl/N-ethyl adjacent to an activating group) is 1. The fourth-order valence-corrected chi connectivity index (χ4v) is 3.60. The fourth-order valence-electron chi connectivity index (χ4n) is 3.60. The second-order valence-corrected chi connectivity index (χ2v) is 7.80. The summed E-state index contributed by atoms with van der Waals surface area (Å²) in [7, 11) is 3.71. The highest BCUT2D eigenvalue weighted by atomic mass is 16.5. The van der Waals surface area contributed by atoms with Crippen LogP contribution in [0.15, 0.2) is 36.4 Å². The third kappa shape index (κ3) is 5.55. The number of imidazole rings is 1. The van der Waals surface area contributed by atoms with Crippen molar-refractivity contribution in [3.63, 3.8) is 0 Å². The van der Waals surface area contributed by atoms with E-state index in [4.69, 9.17) is 10.2 Å². The molecule has 0 spiro atoms. The van der Waals surface area contributed by atoms with Gasteiger partial charge in [0.1, 0.15) is 5.82 Å². The van der Waals surface area contributed by atoms with E-state index in [-0.39, 0.29) is 24.3 Å². The number of unbranched alkanes of at least 4 members (excludes halogenated alkanes) is 2. The molecule has 3 aromatic rings. The average Bonchev–Trinajstić information content (AvgIpc) is 3.16. The zero-order valence-corrected chi connectivity index (χ0v) is 17.4.